The standard InChI is InChI=1S/C16H21ClO4/c1-3-4-5-6-9-16(2)12-10-11(17)7-8-13(12)20-15(21-16)14(18)19/h7-8,10,15H,3-6,9H2,1-2H3,(H,18,19). The molecular weight excluding hydrogens is 292 g/mol. The zero-order valence-electron chi connectivity index (χ0n) is 12.4. The number of aliphatic carboxylic acids is 1. The van der Waals surface area contributed by atoms with E-state index in [1.165, 1.54) is 0 Å². The second-order valence-corrected chi connectivity index (χ2v) is 6.02. The Labute approximate surface area is 130 Å². The van der Waals surface area contributed by atoms with Crippen molar-refractivity contribution in [1.82, 2.24) is 0 Å². The molecule has 0 bridgehead atoms. The second-order valence-electron chi connectivity index (χ2n) is 5.59. The van der Waals surface area contributed by atoms with Gasteiger partial charge in [0.15, 0.2) is 0 Å². The first kappa shape index (κ1) is 16.1. The van der Waals surface area contributed by atoms with E-state index in [0.717, 1.165) is 37.7 Å². The Bertz CT molecular complexity index is 517. The van der Waals surface area contributed by atoms with Crippen LogP contribution in [0.4, 0.5) is 0 Å². The van der Waals surface area contributed by atoms with Gasteiger partial charge < -0.3 is 14.6 Å². The van der Waals surface area contributed by atoms with Gasteiger partial charge in [0.2, 0.25) is 0 Å². The number of carboxylic acids is 1. The van der Waals surface area contributed by atoms with Crippen LogP contribution in [0.2, 0.25) is 5.02 Å². The number of halogens is 1. The van der Waals surface area contributed by atoms with Crippen LogP contribution in [0.15, 0.2) is 18.2 Å². The van der Waals surface area contributed by atoms with Crippen LogP contribution in [0.25, 0.3) is 0 Å². The van der Waals surface area contributed by atoms with Crippen molar-refractivity contribution >= 4 is 17.6 Å². The van der Waals surface area contributed by atoms with E-state index in [0.29, 0.717) is 10.8 Å². The highest BCUT2D eigenvalue weighted by molar-refractivity contribution is 6.30. The summed E-state index contributed by atoms with van der Waals surface area (Å²) in [7, 11) is 0. The number of ether oxygens (including phenoxy) is 2. The van der Waals surface area contributed by atoms with Gasteiger partial charge in [-0.2, -0.15) is 0 Å². The Morgan fingerprint density at radius 3 is 2.81 bits per heavy atom. The van der Waals surface area contributed by atoms with Crippen LogP contribution in [-0.2, 0) is 15.1 Å². The molecule has 4 nitrogen and oxygen atoms in total. The molecule has 1 heterocycles. The minimum atomic E-state index is -1.27. The van der Waals surface area contributed by atoms with Gasteiger partial charge in [0, 0.05) is 10.6 Å². The summed E-state index contributed by atoms with van der Waals surface area (Å²) >= 11 is 6.06. The molecule has 0 radical (unpaired) electrons. The Morgan fingerprint density at radius 2 is 2.14 bits per heavy atom. The maximum absolute atomic E-state index is 11.2. The average Bonchev–Trinajstić information content (AvgIpc) is 2.44. The van der Waals surface area contributed by atoms with E-state index in [9.17, 15) is 9.90 Å². The maximum atomic E-state index is 11.2. The number of carbonyl (C=O) groups is 1. The van der Waals surface area contributed by atoms with E-state index in [1.54, 1.807) is 18.2 Å². The lowest BCUT2D eigenvalue weighted by Gasteiger charge is -2.39. The molecule has 0 aromatic heterocycles. The minimum absolute atomic E-state index is 0.538. The molecule has 0 saturated heterocycles. The molecule has 5 heteroatoms. The van der Waals surface area contributed by atoms with Crippen molar-refractivity contribution in [2.45, 2.75) is 57.8 Å². The summed E-state index contributed by atoms with van der Waals surface area (Å²) in [5.74, 6) is -0.577. The van der Waals surface area contributed by atoms with Crippen molar-refractivity contribution in [3.05, 3.63) is 28.8 Å². The number of carboxylic acid groups (broad SMARTS) is 1. The lowest BCUT2D eigenvalue weighted by molar-refractivity contribution is -0.212. The lowest BCUT2D eigenvalue weighted by atomic mass is 9.88. The fourth-order valence-corrected chi connectivity index (χ4v) is 2.81. The Morgan fingerprint density at radius 1 is 1.38 bits per heavy atom. The number of rotatable bonds is 6. The van der Waals surface area contributed by atoms with E-state index < -0.39 is 17.9 Å². The third kappa shape index (κ3) is 3.69. The summed E-state index contributed by atoms with van der Waals surface area (Å²) in [5, 5.41) is 9.78. The zero-order valence-corrected chi connectivity index (χ0v) is 13.2. The third-order valence-electron chi connectivity index (χ3n) is 3.82. The third-order valence-corrected chi connectivity index (χ3v) is 4.06. The predicted molar refractivity (Wildman–Crippen MR) is 80.7 cm³/mol. The van der Waals surface area contributed by atoms with Crippen molar-refractivity contribution in [2.24, 2.45) is 0 Å². The smallest absolute Gasteiger partial charge is 0.373 e. The molecule has 0 fully saturated rings. The van der Waals surface area contributed by atoms with Gasteiger partial charge in [0.1, 0.15) is 5.75 Å². The van der Waals surface area contributed by atoms with Gasteiger partial charge in [-0.25, -0.2) is 4.79 Å². The lowest BCUT2D eigenvalue weighted by Crippen LogP contribution is -2.43. The van der Waals surface area contributed by atoms with Crippen LogP contribution in [0, 0.1) is 0 Å². The highest BCUT2D eigenvalue weighted by Crippen LogP contribution is 2.43. The summed E-state index contributed by atoms with van der Waals surface area (Å²) < 4.78 is 11.1. The molecular formula is C16H21ClO4. The van der Waals surface area contributed by atoms with Crippen molar-refractivity contribution < 1.29 is 19.4 Å². The number of hydrogen-bond donors (Lipinski definition) is 1. The Hall–Kier alpha value is -1.26. The van der Waals surface area contributed by atoms with Gasteiger partial charge in [0.25, 0.3) is 6.29 Å². The van der Waals surface area contributed by atoms with Crippen molar-refractivity contribution in [3.63, 3.8) is 0 Å². The molecule has 2 unspecified atom stereocenters. The normalized spacial score (nSPS) is 24.2. The molecule has 21 heavy (non-hydrogen) atoms. The minimum Gasteiger partial charge on any atom is -0.477 e. The van der Waals surface area contributed by atoms with Crippen LogP contribution in [0.5, 0.6) is 5.75 Å². The van der Waals surface area contributed by atoms with Gasteiger partial charge in [-0.15, -0.1) is 0 Å². The summed E-state index contributed by atoms with van der Waals surface area (Å²) in [5.41, 5.74) is 0.138. The first-order valence-corrected chi connectivity index (χ1v) is 7.71. The van der Waals surface area contributed by atoms with Crippen LogP contribution < -0.4 is 4.74 Å². The number of hydrogen-bond acceptors (Lipinski definition) is 3. The fourth-order valence-electron chi connectivity index (χ4n) is 2.64. The fraction of sp³-hybridized carbons (Fsp3) is 0.562. The zero-order chi connectivity index (χ0) is 15.5. The van der Waals surface area contributed by atoms with Gasteiger partial charge in [-0.1, -0.05) is 44.2 Å². The van der Waals surface area contributed by atoms with Gasteiger partial charge in [-0.3, -0.25) is 0 Å². The largest absolute Gasteiger partial charge is 0.477 e. The van der Waals surface area contributed by atoms with Crippen LogP contribution in [-0.4, -0.2) is 17.4 Å². The second kappa shape index (κ2) is 6.67. The summed E-state index contributed by atoms with van der Waals surface area (Å²) in [6, 6.07) is 5.21. The summed E-state index contributed by atoms with van der Waals surface area (Å²) in [4.78, 5) is 11.2. The highest BCUT2D eigenvalue weighted by Gasteiger charge is 2.41. The van der Waals surface area contributed by atoms with E-state index in [2.05, 4.69) is 6.92 Å². The summed E-state index contributed by atoms with van der Waals surface area (Å²) in [6.45, 7) is 4.06. The van der Waals surface area contributed by atoms with Crippen LogP contribution >= 0.6 is 11.6 Å². The number of benzene rings is 1. The molecule has 1 aromatic rings. The monoisotopic (exact) mass is 312 g/mol. The van der Waals surface area contributed by atoms with Gasteiger partial charge in [-0.05, 0) is 31.5 Å². The Kier molecular flexibility index (Phi) is 5.12. The molecule has 0 spiro atoms. The van der Waals surface area contributed by atoms with E-state index >= 15 is 0 Å². The van der Waals surface area contributed by atoms with Gasteiger partial charge in [0.05, 0.1) is 5.60 Å². The molecule has 1 aromatic carbocycles. The SMILES string of the molecule is CCCCCCC1(C)OC(C(=O)O)Oc2ccc(Cl)cc21. The van der Waals surface area contributed by atoms with Gasteiger partial charge >= 0.3 is 5.97 Å². The molecule has 116 valence electrons. The van der Waals surface area contributed by atoms with Crippen LogP contribution in [0.1, 0.15) is 51.5 Å². The first-order chi connectivity index (χ1) is 9.96. The van der Waals surface area contributed by atoms with Crippen LogP contribution in [0.3, 0.4) is 0 Å². The van der Waals surface area contributed by atoms with E-state index in [1.807, 2.05) is 6.92 Å². The molecule has 2 atom stereocenters. The van der Waals surface area contributed by atoms with Crippen molar-refractivity contribution in [2.75, 3.05) is 0 Å². The number of unbranched alkanes of at least 4 members (excludes halogenated alkanes) is 3. The molecule has 0 aliphatic carbocycles. The molecule has 1 aliphatic heterocycles. The average molecular weight is 313 g/mol. The number of fused-ring (bicyclic) bond motifs is 1. The summed E-state index contributed by atoms with van der Waals surface area (Å²) in [6.07, 6.45) is 3.87. The molecule has 2 rings (SSSR count). The van der Waals surface area contributed by atoms with E-state index in [-0.39, 0.29) is 0 Å². The highest BCUT2D eigenvalue weighted by atomic mass is 35.5. The topological polar surface area (TPSA) is 55.8 Å². The molecule has 0 saturated carbocycles. The molecule has 0 amide bonds. The van der Waals surface area contributed by atoms with E-state index in [4.69, 9.17) is 21.1 Å². The van der Waals surface area contributed by atoms with Crippen molar-refractivity contribution in [1.29, 1.82) is 0 Å². The van der Waals surface area contributed by atoms with Crippen molar-refractivity contribution in [3.8, 4) is 5.75 Å². The maximum Gasteiger partial charge on any atom is 0.373 e. The Balaban J connectivity index is 2.25. The molecule has 1 N–H and O–H groups in total. The quantitative estimate of drug-likeness (QED) is 0.794. The molecule has 1 aliphatic rings. The predicted octanol–water partition coefficient (Wildman–Crippen LogP) is 4.35. The first-order valence-electron chi connectivity index (χ1n) is 7.33.